The number of carbonyl (C=O) groups is 1. The Morgan fingerprint density at radius 2 is 1.68 bits per heavy atom. The summed E-state index contributed by atoms with van der Waals surface area (Å²) in [5, 5.41) is 3.06. The standard InChI is InChI=1S/C23H31N3O2/c1-28-22-12-6-5-11-21(22)13-15-25-16-18-26(19-17-25)23(27)24-14-7-10-20-8-3-2-4-9-20/h2-6,8-9,11-12H,7,10,13-19H2,1H3,(H,24,27). The molecule has 2 amide bonds. The van der Waals surface area contributed by atoms with Crippen LogP contribution in [0.25, 0.3) is 0 Å². The normalized spacial score (nSPS) is 14.7. The lowest BCUT2D eigenvalue weighted by Gasteiger charge is -2.34. The lowest BCUT2D eigenvalue weighted by Crippen LogP contribution is -2.52. The van der Waals surface area contributed by atoms with Crippen molar-refractivity contribution in [3.05, 3.63) is 65.7 Å². The molecule has 1 N–H and O–H groups in total. The van der Waals surface area contributed by atoms with Crippen LogP contribution in [0.2, 0.25) is 0 Å². The van der Waals surface area contributed by atoms with Gasteiger partial charge in [0, 0.05) is 39.3 Å². The number of hydrogen-bond donors (Lipinski definition) is 1. The van der Waals surface area contributed by atoms with Crippen LogP contribution < -0.4 is 10.1 Å². The number of rotatable bonds is 8. The molecule has 28 heavy (non-hydrogen) atoms. The number of hydrogen-bond acceptors (Lipinski definition) is 3. The SMILES string of the molecule is COc1ccccc1CCN1CCN(C(=O)NCCCc2ccccc2)CC1. The predicted molar refractivity (Wildman–Crippen MR) is 113 cm³/mol. The largest absolute Gasteiger partial charge is 0.496 e. The van der Waals surface area contributed by atoms with E-state index in [-0.39, 0.29) is 6.03 Å². The Morgan fingerprint density at radius 1 is 0.964 bits per heavy atom. The molecule has 0 unspecified atom stereocenters. The molecular weight excluding hydrogens is 350 g/mol. The van der Waals surface area contributed by atoms with Gasteiger partial charge in [-0.15, -0.1) is 0 Å². The summed E-state index contributed by atoms with van der Waals surface area (Å²) in [5.74, 6) is 0.955. The summed E-state index contributed by atoms with van der Waals surface area (Å²) in [6, 6.07) is 18.7. The highest BCUT2D eigenvalue weighted by atomic mass is 16.5. The van der Waals surface area contributed by atoms with E-state index in [0.29, 0.717) is 0 Å². The smallest absolute Gasteiger partial charge is 0.317 e. The zero-order chi connectivity index (χ0) is 19.6. The summed E-state index contributed by atoms with van der Waals surface area (Å²) in [6.07, 6.45) is 2.93. The van der Waals surface area contributed by atoms with Gasteiger partial charge in [0.25, 0.3) is 0 Å². The number of benzene rings is 2. The minimum absolute atomic E-state index is 0.0671. The maximum atomic E-state index is 12.4. The Balaban J connectivity index is 1.32. The fraction of sp³-hybridized carbons (Fsp3) is 0.435. The van der Waals surface area contributed by atoms with Crippen LogP contribution in [-0.4, -0.2) is 62.2 Å². The van der Waals surface area contributed by atoms with Crippen LogP contribution in [0.1, 0.15) is 17.5 Å². The number of carbonyl (C=O) groups excluding carboxylic acids is 1. The van der Waals surface area contributed by atoms with Crippen molar-refractivity contribution in [1.82, 2.24) is 15.1 Å². The first kappa shape index (κ1) is 20.2. The molecular formula is C23H31N3O2. The Hall–Kier alpha value is -2.53. The molecule has 0 bridgehead atoms. The maximum absolute atomic E-state index is 12.4. The molecule has 5 heteroatoms. The number of nitrogens with one attached hydrogen (secondary N) is 1. The maximum Gasteiger partial charge on any atom is 0.317 e. The molecule has 5 nitrogen and oxygen atoms in total. The van der Waals surface area contributed by atoms with Gasteiger partial charge in [-0.05, 0) is 36.5 Å². The second kappa shape index (κ2) is 10.7. The van der Waals surface area contributed by atoms with Gasteiger partial charge in [0.2, 0.25) is 0 Å². The van der Waals surface area contributed by atoms with Crippen molar-refractivity contribution < 1.29 is 9.53 Å². The molecule has 0 saturated carbocycles. The van der Waals surface area contributed by atoms with Gasteiger partial charge in [0.15, 0.2) is 0 Å². The number of ether oxygens (including phenoxy) is 1. The Bertz CT molecular complexity index is 728. The van der Waals surface area contributed by atoms with Gasteiger partial charge in [-0.2, -0.15) is 0 Å². The zero-order valence-corrected chi connectivity index (χ0v) is 16.8. The van der Waals surface area contributed by atoms with E-state index >= 15 is 0 Å². The molecule has 1 heterocycles. The second-order valence-corrected chi connectivity index (χ2v) is 7.21. The summed E-state index contributed by atoms with van der Waals surface area (Å²) in [7, 11) is 1.72. The van der Waals surface area contributed by atoms with Gasteiger partial charge in [-0.3, -0.25) is 4.90 Å². The van der Waals surface area contributed by atoms with E-state index in [9.17, 15) is 4.79 Å². The number of amides is 2. The summed E-state index contributed by atoms with van der Waals surface area (Å²) in [5.41, 5.74) is 2.56. The number of nitrogens with zero attached hydrogens (tertiary/aromatic N) is 2. The quantitative estimate of drug-likeness (QED) is 0.714. The first-order valence-corrected chi connectivity index (χ1v) is 10.2. The Labute approximate surface area is 168 Å². The van der Waals surface area contributed by atoms with Gasteiger partial charge in [-0.25, -0.2) is 4.79 Å². The van der Waals surface area contributed by atoms with E-state index in [2.05, 4.69) is 46.6 Å². The first-order valence-electron chi connectivity index (χ1n) is 10.2. The molecule has 1 aliphatic heterocycles. The van der Waals surface area contributed by atoms with Crippen molar-refractivity contribution in [3.8, 4) is 5.75 Å². The number of piperazine rings is 1. The highest BCUT2D eigenvalue weighted by Crippen LogP contribution is 2.18. The molecule has 0 aliphatic carbocycles. The van der Waals surface area contributed by atoms with Crippen molar-refractivity contribution in [1.29, 1.82) is 0 Å². The third-order valence-corrected chi connectivity index (χ3v) is 5.31. The van der Waals surface area contributed by atoms with E-state index < -0.39 is 0 Å². The molecule has 2 aromatic carbocycles. The Morgan fingerprint density at radius 3 is 2.43 bits per heavy atom. The average Bonchev–Trinajstić information content (AvgIpc) is 2.76. The Kier molecular flexibility index (Phi) is 7.73. The van der Waals surface area contributed by atoms with Crippen molar-refractivity contribution in [2.75, 3.05) is 46.4 Å². The molecule has 1 saturated heterocycles. The molecule has 1 fully saturated rings. The van der Waals surface area contributed by atoms with Crippen LogP contribution in [0.3, 0.4) is 0 Å². The molecule has 3 rings (SSSR count). The van der Waals surface area contributed by atoms with E-state index in [1.54, 1.807) is 7.11 Å². The number of methoxy groups -OCH3 is 1. The molecule has 0 radical (unpaired) electrons. The number of para-hydroxylation sites is 1. The highest BCUT2D eigenvalue weighted by Gasteiger charge is 2.20. The second-order valence-electron chi connectivity index (χ2n) is 7.21. The monoisotopic (exact) mass is 381 g/mol. The lowest BCUT2D eigenvalue weighted by atomic mass is 10.1. The topological polar surface area (TPSA) is 44.8 Å². The van der Waals surface area contributed by atoms with Crippen LogP contribution in [0.4, 0.5) is 4.79 Å². The average molecular weight is 382 g/mol. The van der Waals surface area contributed by atoms with Crippen LogP contribution >= 0.6 is 0 Å². The first-order chi connectivity index (χ1) is 13.8. The molecule has 2 aromatic rings. The van der Waals surface area contributed by atoms with Crippen LogP contribution in [0.15, 0.2) is 54.6 Å². The minimum atomic E-state index is 0.0671. The lowest BCUT2D eigenvalue weighted by molar-refractivity contribution is 0.140. The fourth-order valence-electron chi connectivity index (χ4n) is 3.61. The van der Waals surface area contributed by atoms with Crippen molar-refractivity contribution in [2.45, 2.75) is 19.3 Å². The summed E-state index contributed by atoms with van der Waals surface area (Å²) in [6.45, 7) is 5.14. The summed E-state index contributed by atoms with van der Waals surface area (Å²) < 4.78 is 5.43. The van der Waals surface area contributed by atoms with Gasteiger partial charge in [-0.1, -0.05) is 48.5 Å². The van der Waals surface area contributed by atoms with Gasteiger partial charge in [0.05, 0.1) is 7.11 Å². The van der Waals surface area contributed by atoms with E-state index in [4.69, 9.17) is 4.74 Å². The van der Waals surface area contributed by atoms with E-state index in [1.165, 1.54) is 11.1 Å². The van der Waals surface area contributed by atoms with Crippen molar-refractivity contribution in [2.24, 2.45) is 0 Å². The molecule has 1 aliphatic rings. The van der Waals surface area contributed by atoms with Crippen molar-refractivity contribution >= 4 is 6.03 Å². The van der Waals surface area contributed by atoms with E-state index in [0.717, 1.165) is 64.3 Å². The van der Waals surface area contributed by atoms with Crippen molar-refractivity contribution in [3.63, 3.8) is 0 Å². The molecule has 0 aromatic heterocycles. The van der Waals surface area contributed by atoms with Crippen LogP contribution in [0, 0.1) is 0 Å². The van der Waals surface area contributed by atoms with Gasteiger partial charge in [0.1, 0.15) is 5.75 Å². The fourth-order valence-corrected chi connectivity index (χ4v) is 3.61. The minimum Gasteiger partial charge on any atom is -0.496 e. The van der Waals surface area contributed by atoms with Crippen LogP contribution in [0.5, 0.6) is 5.75 Å². The number of aryl methyl sites for hydroxylation is 1. The third kappa shape index (κ3) is 5.99. The molecule has 0 spiro atoms. The zero-order valence-electron chi connectivity index (χ0n) is 16.8. The highest BCUT2D eigenvalue weighted by molar-refractivity contribution is 5.74. The molecule has 150 valence electrons. The third-order valence-electron chi connectivity index (χ3n) is 5.31. The van der Waals surface area contributed by atoms with Crippen LogP contribution in [-0.2, 0) is 12.8 Å². The summed E-state index contributed by atoms with van der Waals surface area (Å²) >= 11 is 0. The molecule has 0 atom stereocenters. The summed E-state index contributed by atoms with van der Waals surface area (Å²) in [4.78, 5) is 16.7. The van der Waals surface area contributed by atoms with Gasteiger partial charge >= 0.3 is 6.03 Å². The van der Waals surface area contributed by atoms with Gasteiger partial charge < -0.3 is 15.0 Å². The predicted octanol–water partition coefficient (Wildman–Crippen LogP) is 3.20. The number of urea groups is 1. The van der Waals surface area contributed by atoms with E-state index in [1.807, 2.05) is 23.1 Å².